The molecule has 1 aliphatic heterocycles. The zero-order valence-corrected chi connectivity index (χ0v) is 11.4. The summed E-state index contributed by atoms with van der Waals surface area (Å²) < 4.78 is 5.45. The summed E-state index contributed by atoms with van der Waals surface area (Å²) in [6.45, 7) is 2.65. The van der Waals surface area contributed by atoms with Crippen molar-refractivity contribution >= 4 is 22.4 Å². The molecule has 5 heteroatoms. The molecule has 1 aromatic carbocycles. The fourth-order valence-electron chi connectivity index (χ4n) is 2.11. The molecular formula is C14H14N2O2S. The molecule has 0 spiro atoms. The van der Waals surface area contributed by atoms with Gasteiger partial charge in [0.05, 0.1) is 18.7 Å². The normalized spacial score (nSPS) is 12.9. The lowest BCUT2D eigenvalue weighted by molar-refractivity contribution is -0.115. The minimum atomic E-state index is -0.0341. The van der Waals surface area contributed by atoms with Gasteiger partial charge in [0.1, 0.15) is 5.75 Å². The number of fused-ring (bicyclic) bond motifs is 1. The van der Waals surface area contributed by atoms with E-state index in [0.717, 1.165) is 30.0 Å². The van der Waals surface area contributed by atoms with Gasteiger partial charge in [0.2, 0.25) is 5.91 Å². The van der Waals surface area contributed by atoms with Gasteiger partial charge in [-0.1, -0.05) is 12.1 Å². The number of aryl methyl sites for hydroxylation is 1. The van der Waals surface area contributed by atoms with Crippen molar-refractivity contribution in [1.29, 1.82) is 0 Å². The quantitative estimate of drug-likeness (QED) is 0.936. The van der Waals surface area contributed by atoms with Crippen molar-refractivity contribution in [2.45, 2.75) is 19.8 Å². The highest BCUT2D eigenvalue weighted by Crippen LogP contribution is 2.26. The molecule has 0 fully saturated rings. The Kier molecular flexibility index (Phi) is 3.21. The van der Waals surface area contributed by atoms with E-state index in [4.69, 9.17) is 4.74 Å². The molecule has 2 aromatic rings. The van der Waals surface area contributed by atoms with Crippen molar-refractivity contribution in [3.63, 3.8) is 0 Å². The van der Waals surface area contributed by atoms with Gasteiger partial charge in [0.25, 0.3) is 0 Å². The number of benzene rings is 1. The summed E-state index contributed by atoms with van der Waals surface area (Å²) in [7, 11) is 0. The van der Waals surface area contributed by atoms with Crippen LogP contribution in [-0.4, -0.2) is 17.5 Å². The first-order valence-electron chi connectivity index (χ1n) is 6.17. The topological polar surface area (TPSA) is 51.2 Å². The molecule has 0 bridgehead atoms. The predicted molar refractivity (Wildman–Crippen MR) is 74.8 cm³/mol. The van der Waals surface area contributed by atoms with Crippen LogP contribution in [0.1, 0.15) is 16.8 Å². The summed E-state index contributed by atoms with van der Waals surface area (Å²) in [6.07, 6.45) is 1.29. The van der Waals surface area contributed by atoms with Crippen molar-refractivity contribution in [3.05, 3.63) is 40.4 Å². The van der Waals surface area contributed by atoms with E-state index in [1.165, 1.54) is 16.9 Å². The lowest BCUT2D eigenvalue weighted by Crippen LogP contribution is -2.14. The SMILES string of the molecule is Cc1csc(NC(=O)Cc2ccc3c(c2)CCO3)n1. The highest BCUT2D eigenvalue weighted by Gasteiger charge is 2.13. The first kappa shape index (κ1) is 12.2. The first-order valence-corrected chi connectivity index (χ1v) is 7.05. The van der Waals surface area contributed by atoms with Crippen molar-refractivity contribution < 1.29 is 9.53 Å². The van der Waals surface area contributed by atoms with Crippen LogP contribution in [0.2, 0.25) is 0 Å². The van der Waals surface area contributed by atoms with Gasteiger partial charge in [0, 0.05) is 11.8 Å². The third-order valence-electron chi connectivity index (χ3n) is 2.98. The van der Waals surface area contributed by atoms with Crippen LogP contribution in [0.25, 0.3) is 0 Å². The maximum atomic E-state index is 11.9. The van der Waals surface area contributed by atoms with Gasteiger partial charge < -0.3 is 10.1 Å². The third-order valence-corrected chi connectivity index (χ3v) is 3.86. The second-order valence-electron chi connectivity index (χ2n) is 4.56. The van der Waals surface area contributed by atoms with Crippen molar-refractivity contribution in [2.75, 3.05) is 11.9 Å². The molecule has 4 nitrogen and oxygen atoms in total. The summed E-state index contributed by atoms with van der Waals surface area (Å²) in [4.78, 5) is 16.1. The Labute approximate surface area is 115 Å². The lowest BCUT2D eigenvalue weighted by Gasteiger charge is -2.04. The maximum Gasteiger partial charge on any atom is 0.230 e. The summed E-state index contributed by atoms with van der Waals surface area (Å²) in [5.74, 6) is 0.910. The number of aromatic nitrogens is 1. The Balaban J connectivity index is 1.66. The lowest BCUT2D eigenvalue weighted by atomic mass is 10.1. The van der Waals surface area contributed by atoms with Gasteiger partial charge in [-0.25, -0.2) is 4.98 Å². The molecule has 0 saturated carbocycles. The van der Waals surface area contributed by atoms with Crippen molar-refractivity contribution in [2.24, 2.45) is 0 Å². The molecule has 98 valence electrons. The first-order chi connectivity index (χ1) is 9.20. The molecule has 1 amide bonds. The second-order valence-corrected chi connectivity index (χ2v) is 5.42. The van der Waals surface area contributed by atoms with Gasteiger partial charge in [-0.3, -0.25) is 4.79 Å². The summed E-state index contributed by atoms with van der Waals surface area (Å²) in [5, 5.41) is 5.39. The molecule has 0 radical (unpaired) electrons. The highest BCUT2D eigenvalue weighted by atomic mass is 32.1. The fourth-order valence-corrected chi connectivity index (χ4v) is 2.81. The van der Waals surface area contributed by atoms with E-state index >= 15 is 0 Å². The number of thiazole rings is 1. The van der Waals surface area contributed by atoms with Gasteiger partial charge in [-0.2, -0.15) is 0 Å². The van der Waals surface area contributed by atoms with Crippen LogP contribution in [0.15, 0.2) is 23.6 Å². The maximum absolute atomic E-state index is 11.9. The molecule has 0 unspecified atom stereocenters. The number of amides is 1. The van der Waals surface area contributed by atoms with E-state index in [-0.39, 0.29) is 5.91 Å². The number of carbonyl (C=O) groups excluding carboxylic acids is 1. The number of hydrogen-bond acceptors (Lipinski definition) is 4. The fraction of sp³-hybridized carbons (Fsp3) is 0.286. The number of nitrogens with one attached hydrogen (secondary N) is 1. The third kappa shape index (κ3) is 2.76. The number of rotatable bonds is 3. The minimum Gasteiger partial charge on any atom is -0.493 e. The molecule has 0 aliphatic carbocycles. The molecule has 0 atom stereocenters. The monoisotopic (exact) mass is 274 g/mol. The van der Waals surface area contributed by atoms with Gasteiger partial charge in [-0.15, -0.1) is 11.3 Å². The van der Waals surface area contributed by atoms with Crippen LogP contribution in [0.3, 0.4) is 0 Å². The zero-order valence-electron chi connectivity index (χ0n) is 10.6. The van der Waals surface area contributed by atoms with Crippen LogP contribution in [0.5, 0.6) is 5.75 Å². The van der Waals surface area contributed by atoms with Gasteiger partial charge in [0.15, 0.2) is 5.13 Å². The predicted octanol–water partition coefficient (Wildman–Crippen LogP) is 2.57. The molecule has 1 N–H and O–H groups in total. The number of carbonyl (C=O) groups is 1. The minimum absolute atomic E-state index is 0.0341. The van der Waals surface area contributed by atoms with E-state index in [0.29, 0.717) is 11.6 Å². The van der Waals surface area contributed by atoms with Crippen LogP contribution in [-0.2, 0) is 17.6 Å². The molecule has 2 heterocycles. The molecular weight excluding hydrogens is 260 g/mol. The van der Waals surface area contributed by atoms with Crippen molar-refractivity contribution in [1.82, 2.24) is 4.98 Å². The zero-order chi connectivity index (χ0) is 13.2. The summed E-state index contributed by atoms with van der Waals surface area (Å²) >= 11 is 1.45. The molecule has 1 aromatic heterocycles. The molecule has 19 heavy (non-hydrogen) atoms. The molecule has 3 rings (SSSR count). The number of anilines is 1. The average molecular weight is 274 g/mol. The Bertz CT molecular complexity index is 622. The van der Waals surface area contributed by atoms with E-state index in [1.807, 2.05) is 24.4 Å². The van der Waals surface area contributed by atoms with Crippen LogP contribution < -0.4 is 10.1 Å². The van der Waals surface area contributed by atoms with Gasteiger partial charge >= 0.3 is 0 Å². The van der Waals surface area contributed by atoms with E-state index in [9.17, 15) is 4.79 Å². The van der Waals surface area contributed by atoms with E-state index in [1.54, 1.807) is 0 Å². The number of ether oxygens (including phenoxy) is 1. The smallest absolute Gasteiger partial charge is 0.230 e. The second kappa shape index (κ2) is 5.01. The van der Waals surface area contributed by atoms with E-state index in [2.05, 4.69) is 16.4 Å². The summed E-state index contributed by atoms with van der Waals surface area (Å²) in [6, 6.07) is 5.93. The van der Waals surface area contributed by atoms with E-state index < -0.39 is 0 Å². The van der Waals surface area contributed by atoms with Gasteiger partial charge in [-0.05, 0) is 24.1 Å². The standard InChI is InChI=1S/C14H14N2O2S/c1-9-8-19-14(15-9)16-13(17)7-10-2-3-12-11(6-10)4-5-18-12/h2-3,6,8H,4-5,7H2,1H3,(H,15,16,17). The van der Waals surface area contributed by atoms with Crippen molar-refractivity contribution in [3.8, 4) is 5.75 Å². The van der Waals surface area contributed by atoms with Crippen LogP contribution in [0.4, 0.5) is 5.13 Å². The summed E-state index contributed by atoms with van der Waals surface area (Å²) in [5.41, 5.74) is 3.13. The average Bonchev–Trinajstić information content (AvgIpc) is 2.97. The Hall–Kier alpha value is -1.88. The Morgan fingerprint density at radius 1 is 1.53 bits per heavy atom. The van der Waals surface area contributed by atoms with Crippen LogP contribution in [0, 0.1) is 6.92 Å². The highest BCUT2D eigenvalue weighted by molar-refractivity contribution is 7.13. The number of nitrogens with zero attached hydrogens (tertiary/aromatic N) is 1. The Morgan fingerprint density at radius 3 is 3.21 bits per heavy atom. The molecule has 1 aliphatic rings. The molecule has 0 saturated heterocycles. The Morgan fingerprint density at radius 2 is 2.42 bits per heavy atom. The number of hydrogen-bond donors (Lipinski definition) is 1. The van der Waals surface area contributed by atoms with Crippen LogP contribution >= 0.6 is 11.3 Å². The largest absolute Gasteiger partial charge is 0.493 e.